The van der Waals surface area contributed by atoms with Crippen LogP contribution in [-0.2, 0) is 52.2 Å². The van der Waals surface area contributed by atoms with E-state index in [1.54, 1.807) is 13.8 Å². The summed E-state index contributed by atoms with van der Waals surface area (Å²) in [5.41, 5.74) is 0. The van der Waals surface area contributed by atoms with Gasteiger partial charge in [-0.3, -0.25) is 9.59 Å². The van der Waals surface area contributed by atoms with E-state index in [0.29, 0.717) is 19.3 Å². The monoisotopic (exact) mass is 664 g/mol. The van der Waals surface area contributed by atoms with E-state index in [-0.39, 0.29) is 24.0 Å². The fourth-order valence-corrected chi connectivity index (χ4v) is 6.59. The quantitative estimate of drug-likeness (QED) is 0.191. The number of ether oxygens (including phenoxy) is 9. The maximum Gasteiger partial charge on any atom is 0.217 e. The smallest absolute Gasteiger partial charge is 0.217 e. The summed E-state index contributed by atoms with van der Waals surface area (Å²) in [6.45, 7) is 9.84. The van der Waals surface area contributed by atoms with Crippen LogP contribution in [0, 0.1) is 0 Å². The van der Waals surface area contributed by atoms with Crippen LogP contribution in [0.4, 0.5) is 0 Å². The Morgan fingerprint density at radius 3 is 1.54 bits per heavy atom. The molecular formula is C30H52N2O14. The topological polar surface area (TPSA) is 202 Å². The van der Waals surface area contributed by atoms with Crippen LogP contribution in [0.15, 0.2) is 0 Å². The molecule has 46 heavy (non-hydrogen) atoms. The minimum Gasteiger partial charge on any atom is -0.387 e. The Balaban J connectivity index is 1.47. The number of carbonyl (C=O) groups is 2. The number of carbonyl (C=O) groups excluding carboxylic acids is 2. The third-order valence-electron chi connectivity index (χ3n) is 8.80. The second kappa shape index (κ2) is 16.2. The normalized spacial score (nSPS) is 46.8. The van der Waals surface area contributed by atoms with Gasteiger partial charge in [-0.05, 0) is 27.7 Å². The first-order valence-corrected chi connectivity index (χ1v) is 15.9. The van der Waals surface area contributed by atoms with E-state index in [1.165, 1.54) is 28.1 Å². The number of methoxy groups -OCH3 is 2. The van der Waals surface area contributed by atoms with E-state index < -0.39 is 92.2 Å². The Kier molecular flexibility index (Phi) is 13.2. The number of aliphatic hydroxyl groups excluding tert-OH is 3. The van der Waals surface area contributed by atoms with Gasteiger partial charge in [0.25, 0.3) is 0 Å². The largest absolute Gasteiger partial charge is 0.387 e. The molecule has 17 unspecified atom stereocenters. The van der Waals surface area contributed by atoms with Crippen LogP contribution in [-0.4, -0.2) is 146 Å². The van der Waals surface area contributed by atoms with Crippen LogP contribution in [0.5, 0.6) is 0 Å². The predicted octanol–water partition coefficient (Wildman–Crippen LogP) is -0.955. The lowest BCUT2D eigenvalue weighted by atomic mass is 9.96. The summed E-state index contributed by atoms with van der Waals surface area (Å²) in [5.74, 6) is -0.699. The Morgan fingerprint density at radius 1 is 0.587 bits per heavy atom. The molecule has 0 saturated carbocycles. The molecule has 16 heteroatoms. The molecular weight excluding hydrogens is 612 g/mol. The van der Waals surface area contributed by atoms with Crippen molar-refractivity contribution in [2.45, 2.75) is 165 Å². The van der Waals surface area contributed by atoms with Crippen molar-refractivity contribution in [1.29, 1.82) is 0 Å². The van der Waals surface area contributed by atoms with E-state index in [1.807, 2.05) is 13.8 Å². The SMILES string of the molecule is COC1CC(C)OC(OC2CC(C)OC(OC3C(C)OC(OC4CC(C)OC(OC)C4NC(C)=O)C(O)C3O)C2NC(C)=O)C1O. The summed E-state index contributed by atoms with van der Waals surface area (Å²) in [4.78, 5) is 24.2. The second-order valence-electron chi connectivity index (χ2n) is 12.7. The first-order chi connectivity index (χ1) is 21.7. The van der Waals surface area contributed by atoms with E-state index in [9.17, 15) is 24.9 Å². The van der Waals surface area contributed by atoms with Crippen molar-refractivity contribution in [2.75, 3.05) is 14.2 Å². The number of amides is 2. The van der Waals surface area contributed by atoms with Gasteiger partial charge >= 0.3 is 0 Å². The van der Waals surface area contributed by atoms with Crippen LogP contribution in [0.1, 0.15) is 60.8 Å². The Hall–Kier alpha value is -1.54. The molecule has 4 heterocycles. The van der Waals surface area contributed by atoms with E-state index in [2.05, 4.69) is 10.6 Å². The highest BCUT2D eigenvalue weighted by Crippen LogP contribution is 2.34. The highest BCUT2D eigenvalue weighted by Gasteiger charge is 2.51. The minimum absolute atomic E-state index is 0.243. The van der Waals surface area contributed by atoms with Crippen molar-refractivity contribution in [1.82, 2.24) is 10.6 Å². The van der Waals surface area contributed by atoms with Gasteiger partial charge in [0.1, 0.15) is 36.5 Å². The van der Waals surface area contributed by atoms with Gasteiger partial charge in [-0.2, -0.15) is 0 Å². The van der Waals surface area contributed by atoms with E-state index >= 15 is 0 Å². The number of hydrogen-bond acceptors (Lipinski definition) is 14. The Morgan fingerprint density at radius 2 is 1.04 bits per heavy atom. The molecule has 0 aromatic rings. The van der Waals surface area contributed by atoms with Gasteiger partial charge in [-0.25, -0.2) is 0 Å². The van der Waals surface area contributed by atoms with E-state index in [0.717, 1.165) is 0 Å². The predicted molar refractivity (Wildman–Crippen MR) is 157 cm³/mol. The van der Waals surface area contributed by atoms with Crippen molar-refractivity contribution in [3.8, 4) is 0 Å². The molecule has 4 fully saturated rings. The fraction of sp³-hybridized carbons (Fsp3) is 0.933. The summed E-state index contributed by atoms with van der Waals surface area (Å²) in [6.07, 6.45) is -11.9. The van der Waals surface area contributed by atoms with Crippen molar-refractivity contribution < 1.29 is 67.5 Å². The summed E-state index contributed by atoms with van der Waals surface area (Å²) in [7, 11) is 2.96. The van der Waals surface area contributed by atoms with Gasteiger partial charge in [-0.1, -0.05) is 0 Å². The number of nitrogens with one attached hydrogen (secondary N) is 2. The zero-order valence-electron chi connectivity index (χ0n) is 27.8. The molecule has 16 nitrogen and oxygen atoms in total. The van der Waals surface area contributed by atoms with Gasteiger partial charge in [-0.15, -0.1) is 0 Å². The third-order valence-corrected chi connectivity index (χ3v) is 8.80. The molecule has 0 aromatic carbocycles. The standard InChI is InChI=1S/C30H52N2O14/c1-12-9-18(21(31-16(5)33)27(39-8)40-12)45-30-25(37)24(36)26(15(4)43-30)46-28-22(32-17(6)34)19(10-13(2)41-28)44-29-23(35)20(38-7)11-14(3)42-29/h12-15,18-30,35-37H,9-11H2,1-8H3,(H,31,33)(H,32,34). The average Bonchev–Trinajstić information content (AvgIpc) is 2.97. The first-order valence-electron chi connectivity index (χ1n) is 15.9. The molecule has 0 bridgehead atoms. The van der Waals surface area contributed by atoms with Crippen molar-refractivity contribution >= 4 is 11.8 Å². The lowest BCUT2D eigenvalue weighted by Gasteiger charge is -2.48. The number of aliphatic hydroxyl groups is 3. The van der Waals surface area contributed by atoms with Gasteiger partial charge in [0, 0.05) is 47.3 Å². The lowest BCUT2D eigenvalue weighted by Crippen LogP contribution is -2.65. The summed E-state index contributed by atoms with van der Waals surface area (Å²) in [5, 5.41) is 38.9. The molecule has 0 radical (unpaired) electrons. The maximum absolute atomic E-state index is 12.3. The van der Waals surface area contributed by atoms with Crippen molar-refractivity contribution in [3.63, 3.8) is 0 Å². The molecule has 4 aliphatic rings. The van der Waals surface area contributed by atoms with Gasteiger partial charge < -0.3 is 68.6 Å². The lowest BCUT2D eigenvalue weighted by molar-refractivity contribution is -0.353. The maximum atomic E-state index is 12.3. The molecule has 266 valence electrons. The van der Waals surface area contributed by atoms with Crippen LogP contribution < -0.4 is 10.6 Å². The van der Waals surface area contributed by atoms with Crippen LogP contribution in [0.2, 0.25) is 0 Å². The van der Waals surface area contributed by atoms with Gasteiger partial charge in [0.05, 0.1) is 42.7 Å². The minimum atomic E-state index is -1.55. The zero-order chi connectivity index (χ0) is 33.9. The van der Waals surface area contributed by atoms with Crippen molar-refractivity contribution in [2.24, 2.45) is 0 Å². The Labute approximate surface area is 269 Å². The number of rotatable bonds is 10. The Bertz CT molecular complexity index is 1010. The van der Waals surface area contributed by atoms with Gasteiger partial charge in [0.2, 0.25) is 11.8 Å². The van der Waals surface area contributed by atoms with Crippen LogP contribution in [0.25, 0.3) is 0 Å². The van der Waals surface area contributed by atoms with Crippen LogP contribution >= 0.6 is 0 Å². The van der Waals surface area contributed by atoms with E-state index in [4.69, 9.17) is 42.6 Å². The summed E-state index contributed by atoms with van der Waals surface area (Å²) < 4.78 is 53.3. The number of hydrogen-bond donors (Lipinski definition) is 5. The highest BCUT2D eigenvalue weighted by molar-refractivity contribution is 5.73. The second-order valence-corrected chi connectivity index (χ2v) is 12.7. The fourth-order valence-electron chi connectivity index (χ4n) is 6.59. The summed E-state index contributed by atoms with van der Waals surface area (Å²) in [6, 6.07) is -1.57. The molecule has 4 aliphatic heterocycles. The van der Waals surface area contributed by atoms with Crippen LogP contribution in [0.3, 0.4) is 0 Å². The zero-order valence-corrected chi connectivity index (χ0v) is 27.8. The molecule has 0 aromatic heterocycles. The molecule has 4 rings (SSSR count). The molecule has 0 aliphatic carbocycles. The van der Waals surface area contributed by atoms with Crippen molar-refractivity contribution in [3.05, 3.63) is 0 Å². The molecule has 17 atom stereocenters. The molecule has 4 saturated heterocycles. The molecule has 2 amide bonds. The molecule has 5 N–H and O–H groups in total. The summed E-state index contributed by atoms with van der Waals surface area (Å²) >= 11 is 0. The molecule has 0 spiro atoms. The highest BCUT2D eigenvalue weighted by atomic mass is 16.7. The third kappa shape index (κ3) is 8.92. The first kappa shape index (κ1) is 37.3. The van der Waals surface area contributed by atoms with Gasteiger partial charge in [0.15, 0.2) is 25.2 Å². The average molecular weight is 665 g/mol.